The first kappa shape index (κ1) is 39.4. The first-order chi connectivity index (χ1) is 13.1. The molecule has 1 aliphatic rings. The Kier molecular flexibility index (Phi) is 21.7. The summed E-state index contributed by atoms with van der Waals surface area (Å²) in [6, 6.07) is 2.93. The molecule has 1 aliphatic carbocycles. The van der Waals surface area contributed by atoms with Gasteiger partial charge in [-0.1, -0.05) is 44.4 Å². The van der Waals surface area contributed by atoms with Gasteiger partial charge in [-0.25, -0.2) is 10.4 Å². The average molecular weight is 678 g/mol. The largest absolute Gasteiger partial charge is 4.00 e. The van der Waals surface area contributed by atoms with Crippen molar-refractivity contribution in [2.24, 2.45) is 0 Å². The molecule has 0 atom stereocenters. The average Bonchev–Trinajstić information content (AvgIpc) is 3.00. The maximum Gasteiger partial charge on any atom is 4.00 e. The van der Waals surface area contributed by atoms with Crippen molar-refractivity contribution >= 4 is 25.0 Å². The summed E-state index contributed by atoms with van der Waals surface area (Å²) in [5, 5.41) is 3.09. The first-order valence-electron chi connectivity index (χ1n) is 10.6. The third-order valence-corrected chi connectivity index (χ3v) is 14.9. The molecule has 1 rings (SSSR count). The van der Waals surface area contributed by atoms with Gasteiger partial charge in [-0.3, -0.25) is 6.08 Å². The molecular weight excluding hydrogens is 628 g/mol. The van der Waals surface area contributed by atoms with E-state index in [0.29, 0.717) is 19.8 Å². The molecule has 0 saturated carbocycles. The molecule has 0 heterocycles. The maximum absolute atomic E-state index is 6.18. The Hall–Kier alpha value is 0.179. The van der Waals surface area contributed by atoms with Crippen molar-refractivity contribution < 1.29 is 34.3 Å². The second-order valence-electron chi connectivity index (χ2n) is 8.62. The first-order valence-corrected chi connectivity index (χ1v) is 19.0. The van der Waals surface area contributed by atoms with Gasteiger partial charge >= 0.3 is 29.9 Å². The van der Waals surface area contributed by atoms with E-state index in [1.54, 1.807) is 5.20 Å². The Morgan fingerprint density at radius 1 is 0.812 bits per heavy atom. The van der Waals surface area contributed by atoms with E-state index in [0.717, 1.165) is 24.6 Å². The zero-order chi connectivity index (χ0) is 21.4. The monoisotopic (exact) mass is 677 g/mol. The van der Waals surface area contributed by atoms with E-state index >= 15 is 0 Å². The van der Waals surface area contributed by atoms with Crippen LogP contribution < -0.4 is 0 Å². The summed E-state index contributed by atoms with van der Waals surface area (Å²) in [6.07, 6.45) is 8.86. The fourth-order valence-corrected chi connectivity index (χ4v) is 14.3. The van der Waals surface area contributed by atoms with Crippen LogP contribution in [0.4, 0.5) is 0 Å². The van der Waals surface area contributed by atoms with Crippen molar-refractivity contribution in [1.82, 2.24) is 0 Å². The molecular formula is C25H50O3PtSi3. The summed E-state index contributed by atoms with van der Waals surface area (Å²) >= 11 is 0. The molecule has 0 bridgehead atoms. The molecule has 0 unspecified atom stereocenters. The van der Waals surface area contributed by atoms with E-state index in [1.807, 2.05) is 20.8 Å². The minimum absolute atomic E-state index is 0. The van der Waals surface area contributed by atoms with Crippen LogP contribution >= 0.6 is 0 Å². The summed E-state index contributed by atoms with van der Waals surface area (Å²) < 4.78 is 18.5. The fourth-order valence-electron chi connectivity index (χ4n) is 4.22. The molecule has 0 aromatic heterocycles. The van der Waals surface area contributed by atoms with Gasteiger partial charge in [0.2, 0.25) is 0 Å². The minimum atomic E-state index is -2.73. The van der Waals surface area contributed by atoms with Gasteiger partial charge in [-0.2, -0.15) is 5.57 Å². The minimum Gasteiger partial charge on any atom is -0.374 e. The number of hydrogen-bond acceptors (Lipinski definition) is 3. The predicted octanol–water partition coefficient (Wildman–Crippen LogP) is 7.68. The van der Waals surface area contributed by atoms with Gasteiger partial charge < -0.3 is 35.6 Å². The quantitative estimate of drug-likeness (QED) is 0.107. The number of rotatable bonds is 14. The van der Waals surface area contributed by atoms with Crippen molar-refractivity contribution in [3.05, 3.63) is 69.6 Å². The van der Waals surface area contributed by atoms with Crippen LogP contribution in [-0.2, 0) is 34.3 Å². The number of allylic oxidation sites excluding steroid dienone is 6. The van der Waals surface area contributed by atoms with Crippen molar-refractivity contribution in [3.8, 4) is 0 Å². The van der Waals surface area contributed by atoms with Gasteiger partial charge in [0.1, 0.15) is 0 Å². The van der Waals surface area contributed by atoms with E-state index in [2.05, 4.69) is 57.6 Å². The molecule has 0 aliphatic heterocycles. The zero-order valence-corrected chi connectivity index (χ0v) is 27.8. The Balaban J connectivity index is -0.000000980. The molecule has 7 heteroatoms. The van der Waals surface area contributed by atoms with E-state index in [4.69, 9.17) is 13.3 Å². The molecule has 0 fully saturated rings. The van der Waals surface area contributed by atoms with Crippen LogP contribution in [0.1, 0.15) is 27.2 Å². The Morgan fingerprint density at radius 3 is 1.59 bits per heavy atom. The van der Waals surface area contributed by atoms with Crippen molar-refractivity contribution in [1.29, 1.82) is 0 Å². The Bertz CT molecular complexity index is 597. The van der Waals surface area contributed by atoms with Gasteiger partial charge in [-0.15, -0.1) is 19.6 Å². The zero-order valence-electron chi connectivity index (χ0n) is 22.6. The van der Waals surface area contributed by atoms with Gasteiger partial charge in [0.05, 0.1) is 0 Å². The van der Waals surface area contributed by atoms with Crippen LogP contribution in [0.15, 0.2) is 41.3 Å². The topological polar surface area (TPSA) is 27.7 Å². The molecule has 0 aromatic rings. The molecule has 3 nitrogen and oxygen atoms in total. The number of hydrogen-bond donors (Lipinski definition) is 0. The van der Waals surface area contributed by atoms with Gasteiger partial charge in [0.25, 0.3) is 0 Å². The second-order valence-corrected chi connectivity index (χ2v) is 20.6. The standard InChI is InChI=1S/C22H41O3Si3.3CH3.Pt/c1-10-17-26(6,7)21-16-15-20(22(21)27(8,9)18-11-2)19-28(23-12-3,24-13-4)25-14-5;;;;/h10-11H,1-2,12-15,17-19H2,3-9H3;3*1H3;/q4*-1;+4. The summed E-state index contributed by atoms with van der Waals surface area (Å²) in [5.41, 5.74) is 1.44. The van der Waals surface area contributed by atoms with Crippen molar-refractivity contribution in [3.63, 3.8) is 0 Å². The smallest absolute Gasteiger partial charge is 0.374 e. The molecule has 0 aromatic carbocycles. The molecule has 0 N–H and O–H groups in total. The Labute approximate surface area is 219 Å². The molecule has 32 heavy (non-hydrogen) atoms. The van der Waals surface area contributed by atoms with Crippen molar-refractivity contribution in [2.45, 2.75) is 71.5 Å². The van der Waals surface area contributed by atoms with Crippen LogP contribution in [0.3, 0.4) is 0 Å². The third-order valence-electron chi connectivity index (χ3n) is 5.27. The fraction of sp³-hybridized carbons (Fsp3) is 0.560. The normalized spacial score (nSPS) is 13.8. The van der Waals surface area contributed by atoms with Gasteiger partial charge in [-0.05, 0) is 34.9 Å². The maximum atomic E-state index is 6.18. The van der Waals surface area contributed by atoms with E-state index in [9.17, 15) is 0 Å². The summed E-state index contributed by atoms with van der Waals surface area (Å²) in [6.45, 7) is 25.8. The van der Waals surface area contributed by atoms with Crippen molar-refractivity contribution in [2.75, 3.05) is 19.8 Å². The molecule has 190 valence electrons. The van der Waals surface area contributed by atoms with Crippen LogP contribution in [-0.4, -0.2) is 44.8 Å². The van der Waals surface area contributed by atoms with Crippen LogP contribution in [0.2, 0.25) is 44.3 Å². The molecule has 0 spiro atoms. The van der Waals surface area contributed by atoms with E-state index < -0.39 is 25.0 Å². The molecule has 0 radical (unpaired) electrons. The SMILES string of the molecule is C=CC[Si](C)(C)C1=[C-]CC(C[Si](OCC)(OCC)OCC)=C1[Si](C)(C)CC=C.[CH3-].[CH3-].[CH3-].[Pt+4]. The summed E-state index contributed by atoms with van der Waals surface area (Å²) in [7, 11) is -6.04. The Morgan fingerprint density at radius 2 is 1.22 bits per heavy atom. The molecule has 0 saturated heterocycles. The molecule has 0 amide bonds. The van der Waals surface area contributed by atoms with Crippen LogP contribution in [0.25, 0.3) is 0 Å². The van der Waals surface area contributed by atoms with E-state index in [-0.39, 0.29) is 43.3 Å². The van der Waals surface area contributed by atoms with Crippen LogP contribution in [0, 0.1) is 28.4 Å². The second kappa shape index (κ2) is 17.6. The summed E-state index contributed by atoms with van der Waals surface area (Å²) in [5.74, 6) is 0. The van der Waals surface area contributed by atoms with Gasteiger partial charge in [0.15, 0.2) is 0 Å². The van der Waals surface area contributed by atoms with E-state index in [1.165, 1.54) is 10.8 Å². The third kappa shape index (κ3) is 10.2. The predicted molar refractivity (Wildman–Crippen MR) is 148 cm³/mol. The van der Waals surface area contributed by atoms with Gasteiger partial charge in [0, 0.05) is 33.9 Å². The van der Waals surface area contributed by atoms with Crippen LogP contribution in [0.5, 0.6) is 0 Å². The summed E-state index contributed by atoms with van der Waals surface area (Å²) in [4.78, 5) is 0.